The van der Waals surface area contributed by atoms with E-state index in [4.69, 9.17) is 0 Å². The summed E-state index contributed by atoms with van der Waals surface area (Å²) < 4.78 is 2.23. The van der Waals surface area contributed by atoms with Gasteiger partial charge in [0.1, 0.15) is 7.05 Å². The molecule has 0 amide bonds. The molecular formula is C19H20N+. The van der Waals surface area contributed by atoms with Crippen LogP contribution in [0.2, 0.25) is 0 Å². The number of hydrogen-bond acceptors (Lipinski definition) is 0. The molecule has 3 rings (SSSR count). The van der Waals surface area contributed by atoms with Crippen LogP contribution in [0.3, 0.4) is 0 Å². The SMILES string of the molecule is Cc1ccc(C)c(-c2cc3cccc(C)c3c[n+]2C)c1. The van der Waals surface area contributed by atoms with Crippen molar-refractivity contribution in [2.45, 2.75) is 20.8 Å². The third-order valence-corrected chi connectivity index (χ3v) is 4.02. The number of benzene rings is 2. The average Bonchev–Trinajstić information content (AvgIpc) is 2.42. The highest BCUT2D eigenvalue weighted by Gasteiger charge is 2.14. The van der Waals surface area contributed by atoms with Gasteiger partial charge in [-0.05, 0) is 43.4 Å². The maximum atomic E-state index is 2.30. The summed E-state index contributed by atoms with van der Waals surface area (Å²) in [5.41, 5.74) is 6.53. The van der Waals surface area contributed by atoms with Gasteiger partial charge in [-0.1, -0.05) is 35.9 Å². The Hall–Kier alpha value is -2.15. The number of fused-ring (bicyclic) bond motifs is 1. The van der Waals surface area contributed by atoms with Gasteiger partial charge in [-0.2, -0.15) is 0 Å². The van der Waals surface area contributed by atoms with Crippen LogP contribution in [-0.2, 0) is 7.05 Å². The molecule has 0 saturated heterocycles. The van der Waals surface area contributed by atoms with Gasteiger partial charge in [-0.25, -0.2) is 4.57 Å². The lowest BCUT2D eigenvalue weighted by Gasteiger charge is -2.08. The van der Waals surface area contributed by atoms with E-state index in [1.165, 1.54) is 38.7 Å². The van der Waals surface area contributed by atoms with Crippen LogP contribution >= 0.6 is 0 Å². The third kappa shape index (κ3) is 2.09. The molecule has 0 fully saturated rings. The van der Waals surface area contributed by atoms with Crippen LogP contribution in [0.15, 0.2) is 48.7 Å². The fourth-order valence-electron chi connectivity index (χ4n) is 2.80. The van der Waals surface area contributed by atoms with Crippen molar-refractivity contribution in [3.05, 3.63) is 65.4 Å². The van der Waals surface area contributed by atoms with Gasteiger partial charge in [-0.15, -0.1) is 0 Å². The second kappa shape index (κ2) is 4.75. The molecule has 0 N–H and O–H groups in total. The highest BCUT2D eigenvalue weighted by atomic mass is 14.9. The van der Waals surface area contributed by atoms with E-state index in [2.05, 4.69) is 81.0 Å². The van der Waals surface area contributed by atoms with Crippen molar-refractivity contribution in [3.63, 3.8) is 0 Å². The van der Waals surface area contributed by atoms with E-state index in [9.17, 15) is 0 Å². The Kier molecular flexibility index (Phi) is 3.06. The summed E-state index contributed by atoms with van der Waals surface area (Å²) in [5, 5.41) is 2.63. The molecule has 20 heavy (non-hydrogen) atoms. The molecule has 0 unspecified atom stereocenters. The Morgan fingerprint density at radius 3 is 2.45 bits per heavy atom. The summed E-state index contributed by atoms with van der Waals surface area (Å²) in [7, 11) is 2.13. The zero-order chi connectivity index (χ0) is 14.3. The number of nitrogens with zero attached hydrogens (tertiary/aromatic N) is 1. The van der Waals surface area contributed by atoms with E-state index in [1.54, 1.807) is 0 Å². The maximum absolute atomic E-state index is 2.30. The first-order valence-corrected chi connectivity index (χ1v) is 7.03. The number of pyridine rings is 1. The molecule has 0 aliphatic carbocycles. The molecule has 1 heteroatoms. The second-order valence-corrected chi connectivity index (χ2v) is 5.67. The van der Waals surface area contributed by atoms with Crippen LogP contribution in [0.4, 0.5) is 0 Å². The lowest BCUT2D eigenvalue weighted by Crippen LogP contribution is -2.30. The molecule has 2 aromatic carbocycles. The molecule has 0 radical (unpaired) electrons. The van der Waals surface area contributed by atoms with Crippen LogP contribution < -0.4 is 4.57 Å². The number of hydrogen-bond donors (Lipinski definition) is 0. The summed E-state index contributed by atoms with van der Waals surface area (Å²) in [6, 6.07) is 15.4. The highest BCUT2D eigenvalue weighted by molar-refractivity contribution is 5.86. The van der Waals surface area contributed by atoms with Gasteiger partial charge in [-0.3, -0.25) is 0 Å². The molecule has 1 heterocycles. The van der Waals surface area contributed by atoms with E-state index in [0.29, 0.717) is 0 Å². The normalized spacial score (nSPS) is 11.0. The Morgan fingerprint density at radius 1 is 0.850 bits per heavy atom. The van der Waals surface area contributed by atoms with Crippen LogP contribution in [0.5, 0.6) is 0 Å². The fourth-order valence-corrected chi connectivity index (χ4v) is 2.80. The lowest BCUT2D eigenvalue weighted by molar-refractivity contribution is -0.659. The molecule has 0 atom stereocenters. The smallest absolute Gasteiger partial charge is 0.200 e. The van der Waals surface area contributed by atoms with E-state index in [1.807, 2.05) is 0 Å². The standard InChI is InChI=1S/C19H20N/c1-13-8-9-15(3)17(10-13)19-11-16-7-5-6-14(2)18(16)12-20(19)4/h5-12H,1-4H3/q+1. The Balaban J connectivity index is 2.31. The van der Waals surface area contributed by atoms with Crippen molar-refractivity contribution in [1.82, 2.24) is 0 Å². The lowest BCUT2D eigenvalue weighted by atomic mass is 9.99. The first-order valence-electron chi connectivity index (χ1n) is 7.03. The largest absolute Gasteiger partial charge is 0.213 e. The molecule has 0 saturated carbocycles. The van der Waals surface area contributed by atoms with E-state index in [0.717, 1.165) is 0 Å². The molecule has 0 spiro atoms. The Morgan fingerprint density at radius 2 is 1.65 bits per heavy atom. The minimum Gasteiger partial charge on any atom is -0.200 e. The fraction of sp³-hybridized carbons (Fsp3) is 0.211. The molecule has 0 aliphatic rings. The van der Waals surface area contributed by atoms with Crippen molar-refractivity contribution < 1.29 is 4.57 Å². The Bertz CT molecular complexity index is 800. The van der Waals surface area contributed by atoms with Crippen LogP contribution in [0.25, 0.3) is 22.0 Å². The molecule has 0 aliphatic heterocycles. The van der Waals surface area contributed by atoms with Crippen molar-refractivity contribution in [2.75, 3.05) is 0 Å². The molecule has 1 aromatic heterocycles. The molecular weight excluding hydrogens is 242 g/mol. The van der Waals surface area contributed by atoms with Gasteiger partial charge in [0, 0.05) is 17.0 Å². The predicted molar refractivity (Wildman–Crippen MR) is 84.8 cm³/mol. The Labute approximate surface area is 120 Å². The second-order valence-electron chi connectivity index (χ2n) is 5.67. The average molecular weight is 262 g/mol. The van der Waals surface area contributed by atoms with E-state index >= 15 is 0 Å². The van der Waals surface area contributed by atoms with Gasteiger partial charge in [0.05, 0.1) is 0 Å². The van der Waals surface area contributed by atoms with Crippen LogP contribution in [0, 0.1) is 20.8 Å². The quantitative estimate of drug-likeness (QED) is 0.577. The first-order chi connectivity index (χ1) is 9.56. The number of rotatable bonds is 1. The summed E-state index contributed by atoms with van der Waals surface area (Å²) in [4.78, 5) is 0. The van der Waals surface area contributed by atoms with Crippen LogP contribution in [0.1, 0.15) is 16.7 Å². The van der Waals surface area contributed by atoms with Crippen molar-refractivity contribution in [1.29, 1.82) is 0 Å². The predicted octanol–water partition coefficient (Wildman–Crippen LogP) is 4.26. The first kappa shape index (κ1) is 12.9. The zero-order valence-electron chi connectivity index (χ0n) is 12.6. The van der Waals surface area contributed by atoms with E-state index < -0.39 is 0 Å². The summed E-state index contributed by atoms with van der Waals surface area (Å²) in [6.45, 7) is 6.49. The molecule has 3 aromatic rings. The van der Waals surface area contributed by atoms with Crippen LogP contribution in [-0.4, -0.2) is 0 Å². The van der Waals surface area contributed by atoms with Crippen molar-refractivity contribution in [3.8, 4) is 11.3 Å². The molecule has 0 bridgehead atoms. The summed E-state index contributed by atoms with van der Waals surface area (Å²) in [6.07, 6.45) is 2.24. The minimum absolute atomic E-state index is 1.27. The van der Waals surface area contributed by atoms with Gasteiger partial charge in [0.25, 0.3) is 0 Å². The number of aromatic nitrogens is 1. The van der Waals surface area contributed by atoms with Gasteiger partial charge in [0.2, 0.25) is 5.69 Å². The maximum Gasteiger partial charge on any atom is 0.213 e. The molecule has 1 nitrogen and oxygen atoms in total. The van der Waals surface area contributed by atoms with Crippen molar-refractivity contribution in [2.24, 2.45) is 7.05 Å². The minimum atomic E-state index is 1.27. The van der Waals surface area contributed by atoms with E-state index in [-0.39, 0.29) is 0 Å². The molecule has 100 valence electrons. The third-order valence-electron chi connectivity index (χ3n) is 4.02. The highest BCUT2D eigenvalue weighted by Crippen LogP contribution is 2.25. The van der Waals surface area contributed by atoms with Gasteiger partial charge >= 0.3 is 0 Å². The topological polar surface area (TPSA) is 3.88 Å². The summed E-state index contributed by atoms with van der Waals surface area (Å²) >= 11 is 0. The summed E-state index contributed by atoms with van der Waals surface area (Å²) in [5.74, 6) is 0. The van der Waals surface area contributed by atoms with Crippen molar-refractivity contribution >= 4 is 10.8 Å². The van der Waals surface area contributed by atoms with Gasteiger partial charge < -0.3 is 0 Å². The van der Waals surface area contributed by atoms with Gasteiger partial charge in [0.15, 0.2) is 6.20 Å². The number of aryl methyl sites for hydroxylation is 4. The monoisotopic (exact) mass is 262 g/mol. The zero-order valence-corrected chi connectivity index (χ0v) is 12.6.